The highest BCUT2D eigenvalue weighted by molar-refractivity contribution is 6.21. The number of imide groups is 1. The summed E-state index contributed by atoms with van der Waals surface area (Å²) in [6.07, 6.45) is -4.69. The molecule has 1 atom stereocenters. The zero-order chi connectivity index (χ0) is 21.8. The van der Waals surface area contributed by atoms with Crippen LogP contribution in [0.2, 0.25) is 0 Å². The van der Waals surface area contributed by atoms with Crippen molar-refractivity contribution in [1.29, 1.82) is 0 Å². The molecular weight excluding hydrogens is 396 g/mol. The van der Waals surface area contributed by atoms with Crippen LogP contribution >= 0.6 is 0 Å². The molecule has 2 aromatic carbocycles. The van der Waals surface area contributed by atoms with Crippen molar-refractivity contribution in [3.63, 3.8) is 0 Å². The van der Waals surface area contributed by atoms with Gasteiger partial charge in [-0.05, 0) is 36.2 Å². The predicted octanol–water partition coefficient (Wildman–Crippen LogP) is 2.63. The number of carbonyl (C=O) groups excluding carboxylic acids is 2. The molecule has 6 nitrogen and oxygen atoms in total. The normalized spacial score (nSPS) is 14.2. The van der Waals surface area contributed by atoms with Crippen molar-refractivity contribution in [2.45, 2.75) is 18.6 Å². The average Bonchev–Trinajstić information content (AvgIpc) is 2.87. The first-order chi connectivity index (χ1) is 13.5. The van der Waals surface area contributed by atoms with Gasteiger partial charge in [0.1, 0.15) is 5.82 Å². The van der Waals surface area contributed by atoms with Crippen LogP contribution in [0.3, 0.4) is 0 Å². The number of carboxylic acid groups (broad SMARTS) is 1. The van der Waals surface area contributed by atoms with Crippen molar-refractivity contribution in [2.75, 3.05) is 6.54 Å². The Balaban J connectivity index is 0.000000370. The van der Waals surface area contributed by atoms with Crippen LogP contribution in [0.1, 0.15) is 26.3 Å². The molecule has 0 aliphatic carbocycles. The fourth-order valence-corrected chi connectivity index (χ4v) is 2.67. The molecule has 0 saturated carbocycles. The predicted molar refractivity (Wildman–Crippen MR) is 93.6 cm³/mol. The number of hydrogen-bond donors (Lipinski definition) is 2. The number of alkyl halides is 3. The largest absolute Gasteiger partial charge is 0.490 e. The van der Waals surface area contributed by atoms with Crippen molar-refractivity contribution < 1.29 is 37.1 Å². The lowest BCUT2D eigenvalue weighted by molar-refractivity contribution is -0.192. The van der Waals surface area contributed by atoms with E-state index in [1.807, 2.05) is 0 Å². The third-order valence-corrected chi connectivity index (χ3v) is 3.92. The molecule has 29 heavy (non-hydrogen) atoms. The maximum atomic E-state index is 13.2. The van der Waals surface area contributed by atoms with Gasteiger partial charge in [0.25, 0.3) is 11.8 Å². The minimum Gasteiger partial charge on any atom is -0.475 e. The van der Waals surface area contributed by atoms with Crippen molar-refractivity contribution >= 4 is 17.8 Å². The van der Waals surface area contributed by atoms with Crippen LogP contribution in [0.15, 0.2) is 48.5 Å². The molecule has 0 fully saturated rings. The van der Waals surface area contributed by atoms with Gasteiger partial charge in [-0.2, -0.15) is 13.2 Å². The molecular formula is C19H16F4N2O4. The lowest BCUT2D eigenvalue weighted by atomic mass is 10.1. The molecule has 1 aliphatic heterocycles. The van der Waals surface area contributed by atoms with Crippen LogP contribution in [0, 0.1) is 5.82 Å². The number of carbonyl (C=O) groups is 3. The summed E-state index contributed by atoms with van der Waals surface area (Å²) in [5.41, 5.74) is 7.58. The fraction of sp³-hybridized carbons (Fsp3) is 0.211. The molecule has 3 rings (SSSR count). The Labute approximate surface area is 162 Å². The highest BCUT2D eigenvalue weighted by Gasteiger charge is 2.38. The van der Waals surface area contributed by atoms with Gasteiger partial charge in [-0.25, -0.2) is 9.18 Å². The van der Waals surface area contributed by atoms with Gasteiger partial charge in [-0.1, -0.05) is 24.3 Å². The number of fused-ring (bicyclic) bond motifs is 1. The summed E-state index contributed by atoms with van der Waals surface area (Å²) >= 11 is 0. The smallest absolute Gasteiger partial charge is 0.475 e. The molecule has 1 heterocycles. The van der Waals surface area contributed by atoms with Crippen LogP contribution in [0.4, 0.5) is 17.6 Å². The van der Waals surface area contributed by atoms with E-state index in [0.717, 1.165) is 10.5 Å². The Morgan fingerprint density at radius 2 is 1.55 bits per heavy atom. The van der Waals surface area contributed by atoms with E-state index in [1.54, 1.807) is 36.4 Å². The second kappa shape index (κ2) is 8.82. The number of halogens is 4. The van der Waals surface area contributed by atoms with Gasteiger partial charge in [-0.15, -0.1) is 0 Å². The number of carboxylic acids is 1. The van der Waals surface area contributed by atoms with E-state index < -0.39 is 18.2 Å². The summed E-state index contributed by atoms with van der Waals surface area (Å²) in [4.78, 5) is 34.5. The fourth-order valence-electron chi connectivity index (χ4n) is 2.67. The number of hydrogen-bond acceptors (Lipinski definition) is 4. The molecule has 0 aromatic heterocycles. The number of aliphatic carboxylic acids is 1. The van der Waals surface area contributed by atoms with Crippen LogP contribution in [0.25, 0.3) is 0 Å². The number of nitrogens with two attached hydrogens (primary N) is 1. The third-order valence-electron chi connectivity index (χ3n) is 3.92. The molecule has 10 heteroatoms. The van der Waals surface area contributed by atoms with Gasteiger partial charge in [0.2, 0.25) is 0 Å². The molecule has 0 spiro atoms. The van der Waals surface area contributed by atoms with E-state index in [0.29, 0.717) is 17.5 Å². The van der Waals surface area contributed by atoms with Gasteiger partial charge < -0.3 is 10.8 Å². The summed E-state index contributed by atoms with van der Waals surface area (Å²) < 4.78 is 44.9. The highest BCUT2D eigenvalue weighted by Crippen LogP contribution is 2.22. The van der Waals surface area contributed by atoms with Gasteiger partial charge in [0.15, 0.2) is 0 Å². The second-order valence-corrected chi connectivity index (χ2v) is 6.16. The van der Waals surface area contributed by atoms with Crippen LogP contribution < -0.4 is 5.73 Å². The minimum atomic E-state index is -5.08. The lowest BCUT2D eigenvalue weighted by Gasteiger charge is -2.19. The Kier molecular flexibility index (Phi) is 6.70. The van der Waals surface area contributed by atoms with Gasteiger partial charge in [0, 0.05) is 12.6 Å². The molecule has 0 radical (unpaired) electrons. The Bertz CT molecular complexity index is 895. The Hall–Kier alpha value is -3.27. The number of nitrogens with zero attached hydrogens (tertiary/aromatic N) is 1. The Morgan fingerprint density at radius 3 is 2.00 bits per heavy atom. The first-order valence-corrected chi connectivity index (χ1v) is 8.26. The second-order valence-electron chi connectivity index (χ2n) is 6.16. The summed E-state index contributed by atoms with van der Waals surface area (Å²) in [6, 6.07) is 12.4. The lowest BCUT2D eigenvalue weighted by Crippen LogP contribution is -2.41. The van der Waals surface area contributed by atoms with Gasteiger partial charge in [0.05, 0.1) is 11.1 Å². The Morgan fingerprint density at radius 1 is 1.03 bits per heavy atom. The number of amides is 2. The minimum absolute atomic E-state index is 0.114. The molecule has 3 N–H and O–H groups in total. The molecule has 0 unspecified atom stereocenters. The maximum absolute atomic E-state index is 13.2. The zero-order valence-corrected chi connectivity index (χ0v) is 14.8. The summed E-state index contributed by atoms with van der Waals surface area (Å²) in [7, 11) is 0. The van der Waals surface area contributed by atoms with Crippen molar-refractivity contribution in [3.8, 4) is 0 Å². The highest BCUT2D eigenvalue weighted by atomic mass is 19.4. The summed E-state index contributed by atoms with van der Waals surface area (Å²) in [5, 5.41) is 7.12. The van der Waals surface area contributed by atoms with Crippen molar-refractivity contribution in [1.82, 2.24) is 4.90 Å². The summed E-state index contributed by atoms with van der Waals surface area (Å²) in [5.74, 6) is -3.73. The molecule has 2 aromatic rings. The van der Waals surface area contributed by atoms with Crippen LogP contribution in [-0.2, 0) is 11.2 Å². The molecule has 2 amide bonds. The van der Waals surface area contributed by atoms with E-state index in [2.05, 4.69) is 0 Å². The van der Waals surface area contributed by atoms with Gasteiger partial charge in [-0.3, -0.25) is 14.5 Å². The standard InChI is InChI=1S/C17H15FN2O2.C2HF3O2/c18-12-5-3-4-11(8-12)9-13(19)10-20-16(21)14-6-1-2-7-15(14)17(20)22;3-2(4,5)1(6)7/h1-8,13H,9-10,19H2;(H,6,7)/t13-;/m0./s1. The van der Waals surface area contributed by atoms with E-state index in [1.165, 1.54) is 12.1 Å². The summed E-state index contributed by atoms with van der Waals surface area (Å²) in [6.45, 7) is 0.114. The van der Waals surface area contributed by atoms with Gasteiger partial charge >= 0.3 is 12.1 Å². The average molecular weight is 412 g/mol. The zero-order valence-electron chi connectivity index (χ0n) is 14.8. The topological polar surface area (TPSA) is 101 Å². The number of rotatable bonds is 4. The molecule has 154 valence electrons. The third kappa shape index (κ3) is 5.61. The quantitative estimate of drug-likeness (QED) is 0.594. The molecule has 0 saturated heterocycles. The number of benzene rings is 2. The SMILES string of the molecule is N[C@@H](Cc1cccc(F)c1)CN1C(=O)c2ccccc2C1=O.O=C(O)C(F)(F)F. The van der Waals surface area contributed by atoms with E-state index >= 15 is 0 Å². The monoisotopic (exact) mass is 412 g/mol. The molecule has 0 bridgehead atoms. The maximum Gasteiger partial charge on any atom is 0.490 e. The van der Waals surface area contributed by atoms with Crippen molar-refractivity contribution in [3.05, 3.63) is 71.0 Å². The first-order valence-electron chi connectivity index (χ1n) is 8.26. The van der Waals surface area contributed by atoms with E-state index in [4.69, 9.17) is 15.6 Å². The van der Waals surface area contributed by atoms with E-state index in [9.17, 15) is 27.2 Å². The first kappa shape index (κ1) is 22.0. The van der Waals surface area contributed by atoms with Crippen molar-refractivity contribution in [2.24, 2.45) is 5.73 Å². The van der Waals surface area contributed by atoms with E-state index in [-0.39, 0.29) is 24.2 Å². The molecule has 1 aliphatic rings. The van der Waals surface area contributed by atoms with Crippen LogP contribution in [-0.4, -0.2) is 46.6 Å². The van der Waals surface area contributed by atoms with Crippen LogP contribution in [0.5, 0.6) is 0 Å².